The van der Waals surface area contributed by atoms with Crippen molar-refractivity contribution in [3.8, 4) is 0 Å². The summed E-state index contributed by atoms with van der Waals surface area (Å²) in [5.74, 6) is -1.77. The Labute approximate surface area is 190 Å². The van der Waals surface area contributed by atoms with E-state index in [9.17, 15) is 22.4 Å². The number of nitrogens with zero attached hydrogens (tertiary/aromatic N) is 1. The summed E-state index contributed by atoms with van der Waals surface area (Å²) in [5.41, 5.74) is 1.80. The molecule has 1 amide bonds. The van der Waals surface area contributed by atoms with Gasteiger partial charge < -0.3 is 9.64 Å². The number of ether oxygens (including phenoxy) is 1. The van der Waals surface area contributed by atoms with Gasteiger partial charge >= 0.3 is 5.97 Å². The van der Waals surface area contributed by atoms with Crippen molar-refractivity contribution in [2.24, 2.45) is 0 Å². The van der Waals surface area contributed by atoms with E-state index in [0.29, 0.717) is 6.54 Å². The van der Waals surface area contributed by atoms with Gasteiger partial charge in [0.05, 0.1) is 16.1 Å². The molecule has 3 aromatic rings. The number of aryl methyl sites for hydroxylation is 1. The van der Waals surface area contributed by atoms with Gasteiger partial charge in [-0.3, -0.25) is 9.52 Å². The molecule has 4 rings (SSSR count). The third-order valence-electron chi connectivity index (χ3n) is 5.25. The van der Waals surface area contributed by atoms with Crippen LogP contribution in [-0.2, 0) is 26.0 Å². The number of benzene rings is 3. The second-order valence-electron chi connectivity index (χ2n) is 7.46. The van der Waals surface area contributed by atoms with Gasteiger partial charge in [0.1, 0.15) is 5.82 Å². The topological polar surface area (TPSA) is 92.8 Å². The Morgan fingerprint density at radius 3 is 2.45 bits per heavy atom. The van der Waals surface area contributed by atoms with Crippen LogP contribution in [-0.4, -0.2) is 33.4 Å². The number of carbonyl (C=O) groups excluding carboxylic acids is 2. The van der Waals surface area contributed by atoms with E-state index in [2.05, 4.69) is 4.72 Å². The Bertz CT molecular complexity index is 1290. The lowest BCUT2D eigenvalue weighted by Crippen LogP contribution is -2.38. The summed E-state index contributed by atoms with van der Waals surface area (Å²) in [6.45, 7) is 0.0493. The number of anilines is 2. The van der Waals surface area contributed by atoms with E-state index in [0.717, 1.165) is 48.4 Å². The van der Waals surface area contributed by atoms with E-state index in [1.165, 1.54) is 12.1 Å². The van der Waals surface area contributed by atoms with Gasteiger partial charge in [-0.1, -0.05) is 30.3 Å². The molecule has 3 aromatic carbocycles. The molecule has 1 aliphatic rings. The van der Waals surface area contributed by atoms with Crippen molar-refractivity contribution in [1.29, 1.82) is 0 Å². The number of rotatable bonds is 6. The number of halogens is 1. The van der Waals surface area contributed by atoms with Crippen LogP contribution >= 0.6 is 0 Å². The zero-order chi connectivity index (χ0) is 23.4. The predicted molar refractivity (Wildman–Crippen MR) is 121 cm³/mol. The van der Waals surface area contributed by atoms with Crippen molar-refractivity contribution < 1.29 is 27.1 Å². The fourth-order valence-electron chi connectivity index (χ4n) is 3.64. The molecule has 0 saturated heterocycles. The van der Waals surface area contributed by atoms with Crippen LogP contribution < -0.4 is 9.62 Å². The smallest absolute Gasteiger partial charge is 0.340 e. The van der Waals surface area contributed by atoms with Crippen LogP contribution in [0.1, 0.15) is 22.3 Å². The Balaban J connectivity index is 1.47. The summed E-state index contributed by atoms with van der Waals surface area (Å²) in [6.07, 6.45) is 1.69. The van der Waals surface area contributed by atoms with Crippen LogP contribution in [0.3, 0.4) is 0 Å². The maximum Gasteiger partial charge on any atom is 0.340 e. The normalized spacial score (nSPS) is 13.2. The van der Waals surface area contributed by atoms with Gasteiger partial charge in [0, 0.05) is 12.2 Å². The van der Waals surface area contributed by atoms with Crippen molar-refractivity contribution in [3.63, 3.8) is 0 Å². The van der Waals surface area contributed by atoms with Gasteiger partial charge in [0.15, 0.2) is 6.61 Å². The van der Waals surface area contributed by atoms with Gasteiger partial charge in [-0.05, 0) is 60.9 Å². The van der Waals surface area contributed by atoms with E-state index in [4.69, 9.17) is 4.74 Å². The van der Waals surface area contributed by atoms with E-state index < -0.39 is 28.4 Å². The Hall–Kier alpha value is -3.72. The highest BCUT2D eigenvalue weighted by atomic mass is 32.2. The van der Waals surface area contributed by atoms with Crippen LogP contribution in [0.15, 0.2) is 77.7 Å². The third kappa shape index (κ3) is 5.04. The molecule has 170 valence electrons. The highest BCUT2D eigenvalue weighted by Crippen LogP contribution is 2.27. The minimum Gasteiger partial charge on any atom is -0.452 e. The number of nitrogens with one attached hydrogen (secondary N) is 1. The molecule has 7 nitrogen and oxygen atoms in total. The first-order chi connectivity index (χ1) is 15.8. The molecule has 1 N–H and O–H groups in total. The first-order valence-corrected chi connectivity index (χ1v) is 11.8. The highest BCUT2D eigenvalue weighted by molar-refractivity contribution is 7.92. The summed E-state index contributed by atoms with van der Waals surface area (Å²) in [6, 6.07) is 17.8. The molecule has 1 heterocycles. The lowest BCUT2D eigenvalue weighted by molar-refractivity contribution is -0.121. The Morgan fingerprint density at radius 2 is 1.67 bits per heavy atom. The number of carbonyl (C=O) groups is 2. The van der Waals surface area contributed by atoms with Crippen molar-refractivity contribution in [2.75, 3.05) is 22.8 Å². The molecule has 0 bridgehead atoms. The molecule has 0 saturated carbocycles. The zero-order valence-corrected chi connectivity index (χ0v) is 18.3. The highest BCUT2D eigenvalue weighted by Gasteiger charge is 2.24. The van der Waals surface area contributed by atoms with E-state index in [1.807, 2.05) is 24.3 Å². The van der Waals surface area contributed by atoms with Gasteiger partial charge in [-0.2, -0.15) is 0 Å². The van der Waals surface area contributed by atoms with Crippen molar-refractivity contribution in [2.45, 2.75) is 17.7 Å². The maximum atomic E-state index is 13.1. The second kappa shape index (κ2) is 9.41. The van der Waals surface area contributed by atoms with Gasteiger partial charge in [0.2, 0.25) is 0 Å². The molecule has 0 spiro atoms. The minimum absolute atomic E-state index is 0.0115. The van der Waals surface area contributed by atoms with Crippen LogP contribution in [0, 0.1) is 5.82 Å². The largest absolute Gasteiger partial charge is 0.452 e. The van der Waals surface area contributed by atoms with Gasteiger partial charge in [-0.25, -0.2) is 17.6 Å². The molecule has 0 aliphatic carbocycles. The monoisotopic (exact) mass is 468 g/mol. The van der Waals surface area contributed by atoms with E-state index in [-0.39, 0.29) is 22.1 Å². The van der Waals surface area contributed by atoms with Crippen molar-refractivity contribution in [1.82, 2.24) is 0 Å². The fraction of sp³-hybridized carbons (Fsp3) is 0.167. The molecule has 9 heteroatoms. The van der Waals surface area contributed by atoms with E-state index >= 15 is 0 Å². The average Bonchev–Trinajstić information content (AvgIpc) is 2.82. The quantitative estimate of drug-likeness (QED) is 0.556. The maximum absolute atomic E-state index is 13.1. The number of hydrogen-bond acceptors (Lipinski definition) is 5. The number of amides is 1. The number of sulfonamides is 1. The first kappa shape index (κ1) is 22.5. The summed E-state index contributed by atoms with van der Waals surface area (Å²) < 4.78 is 45.9. The number of para-hydroxylation sites is 2. The Morgan fingerprint density at radius 1 is 0.970 bits per heavy atom. The molecule has 33 heavy (non-hydrogen) atoms. The summed E-state index contributed by atoms with van der Waals surface area (Å²) >= 11 is 0. The SMILES string of the molecule is O=C(OCC(=O)N1CCCc2ccccc21)c1ccccc1NS(=O)(=O)c1ccc(F)cc1. The molecule has 1 aliphatic heterocycles. The third-order valence-corrected chi connectivity index (χ3v) is 6.63. The second-order valence-corrected chi connectivity index (χ2v) is 9.14. The van der Waals surface area contributed by atoms with Crippen LogP contribution in [0.5, 0.6) is 0 Å². The predicted octanol–water partition coefficient (Wildman–Crippen LogP) is 3.76. The standard InChI is InChI=1S/C24H21FN2O5S/c25-18-11-13-19(14-12-18)33(30,31)26-21-9-3-2-8-20(21)24(29)32-16-23(28)27-15-5-7-17-6-1-4-10-22(17)27/h1-4,6,8-14,26H,5,7,15-16H2. The first-order valence-electron chi connectivity index (χ1n) is 10.3. The molecule has 0 aromatic heterocycles. The summed E-state index contributed by atoms with van der Waals surface area (Å²) in [5, 5.41) is 0. The number of esters is 1. The van der Waals surface area contributed by atoms with Crippen LogP contribution in [0.2, 0.25) is 0 Å². The number of hydrogen-bond donors (Lipinski definition) is 1. The lowest BCUT2D eigenvalue weighted by atomic mass is 10.0. The van der Waals surface area contributed by atoms with Crippen molar-refractivity contribution in [3.05, 3.63) is 89.7 Å². The summed E-state index contributed by atoms with van der Waals surface area (Å²) in [4.78, 5) is 26.8. The zero-order valence-electron chi connectivity index (χ0n) is 17.5. The van der Waals surface area contributed by atoms with Gasteiger partial charge in [-0.15, -0.1) is 0 Å². The molecule has 0 radical (unpaired) electrons. The Kier molecular flexibility index (Phi) is 6.41. The van der Waals surface area contributed by atoms with Gasteiger partial charge in [0.25, 0.3) is 15.9 Å². The fourth-order valence-corrected chi connectivity index (χ4v) is 4.72. The van der Waals surface area contributed by atoms with Crippen LogP contribution in [0.25, 0.3) is 0 Å². The molecular weight excluding hydrogens is 447 g/mol. The average molecular weight is 469 g/mol. The summed E-state index contributed by atoms with van der Waals surface area (Å²) in [7, 11) is -4.07. The molecule has 0 atom stereocenters. The molecule has 0 unspecified atom stereocenters. The van der Waals surface area contributed by atoms with Crippen LogP contribution in [0.4, 0.5) is 15.8 Å². The van der Waals surface area contributed by atoms with Crippen molar-refractivity contribution >= 4 is 33.3 Å². The van der Waals surface area contributed by atoms with E-state index in [1.54, 1.807) is 17.0 Å². The number of fused-ring (bicyclic) bond motifs is 1. The molecule has 0 fully saturated rings. The minimum atomic E-state index is -4.07. The molecular formula is C24H21FN2O5S. The lowest BCUT2D eigenvalue weighted by Gasteiger charge is -2.29.